The number of aliphatic hydroxyl groups excluding tert-OH is 1. The van der Waals surface area contributed by atoms with Crippen molar-refractivity contribution in [2.24, 2.45) is 0 Å². The van der Waals surface area contributed by atoms with Gasteiger partial charge in [0, 0.05) is 9.99 Å². The van der Waals surface area contributed by atoms with Crippen molar-refractivity contribution in [2.45, 2.75) is 38.7 Å². The Balaban J connectivity index is 1.82. The first-order valence-electron chi connectivity index (χ1n) is 7.19. The van der Waals surface area contributed by atoms with E-state index in [9.17, 15) is 5.11 Å². The van der Waals surface area contributed by atoms with Crippen LogP contribution in [-0.4, -0.2) is 5.11 Å². The van der Waals surface area contributed by atoms with Crippen LogP contribution in [-0.2, 0) is 19.3 Å². The second kappa shape index (κ2) is 5.86. The van der Waals surface area contributed by atoms with Gasteiger partial charge in [-0.3, -0.25) is 0 Å². The minimum atomic E-state index is -0.416. The van der Waals surface area contributed by atoms with E-state index < -0.39 is 6.10 Å². The summed E-state index contributed by atoms with van der Waals surface area (Å²) in [4.78, 5) is 0. The summed E-state index contributed by atoms with van der Waals surface area (Å²) < 4.78 is 1.18. The van der Waals surface area contributed by atoms with Gasteiger partial charge < -0.3 is 5.11 Å². The fourth-order valence-electron chi connectivity index (χ4n) is 3.01. The lowest BCUT2D eigenvalue weighted by molar-refractivity contribution is 0.177. The zero-order chi connectivity index (χ0) is 14.1. The first kappa shape index (κ1) is 14.1. The lowest BCUT2D eigenvalue weighted by Gasteiger charge is -2.15. The van der Waals surface area contributed by atoms with Crippen LogP contribution in [0, 0.1) is 10.5 Å². The van der Waals surface area contributed by atoms with Gasteiger partial charge in [0.25, 0.3) is 0 Å². The molecule has 1 aliphatic carbocycles. The summed E-state index contributed by atoms with van der Waals surface area (Å²) in [5.41, 5.74) is 6.50. The molecular weight excluding hydrogens is 359 g/mol. The van der Waals surface area contributed by atoms with Crippen molar-refractivity contribution < 1.29 is 5.11 Å². The van der Waals surface area contributed by atoms with Gasteiger partial charge in [-0.2, -0.15) is 0 Å². The molecule has 2 heteroatoms. The van der Waals surface area contributed by atoms with Gasteiger partial charge in [0.05, 0.1) is 6.10 Å². The maximum absolute atomic E-state index is 10.5. The molecule has 0 fully saturated rings. The van der Waals surface area contributed by atoms with E-state index in [1.165, 1.54) is 45.1 Å². The highest BCUT2D eigenvalue weighted by molar-refractivity contribution is 14.1. The molecule has 1 aliphatic rings. The van der Waals surface area contributed by atoms with E-state index in [1.807, 2.05) is 12.1 Å². The Bertz CT molecular complexity index is 633. The molecule has 20 heavy (non-hydrogen) atoms. The lowest BCUT2D eigenvalue weighted by atomic mass is 9.97. The summed E-state index contributed by atoms with van der Waals surface area (Å²) in [5.74, 6) is 0. The third kappa shape index (κ3) is 2.77. The van der Waals surface area contributed by atoms with Crippen molar-refractivity contribution >= 4 is 22.6 Å². The standard InChI is InChI=1S/C18H19IO/c1-12-4-2-7-16(18(12)19)17(20)11-13-8-9-14-5-3-6-15(14)10-13/h2,4,7-10,17,20H,3,5-6,11H2,1H3. The van der Waals surface area contributed by atoms with E-state index in [0.717, 1.165) is 5.56 Å². The normalized spacial score (nSPS) is 15.2. The van der Waals surface area contributed by atoms with Crippen LogP contribution in [0.2, 0.25) is 0 Å². The Kier molecular flexibility index (Phi) is 4.13. The number of hydrogen-bond donors (Lipinski definition) is 1. The topological polar surface area (TPSA) is 20.2 Å². The van der Waals surface area contributed by atoms with E-state index in [-0.39, 0.29) is 0 Å². The summed E-state index contributed by atoms with van der Waals surface area (Å²) in [7, 11) is 0. The molecule has 0 aromatic heterocycles. The molecule has 0 amide bonds. The predicted octanol–water partition coefficient (Wildman–Crippen LogP) is 4.36. The van der Waals surface area contributed by atoms with Crippen molar-refractivity contribution in [1.29, 1.82) is 0 Å². The van der Waals surface area contributed by atoms with E-state index in [0.29, 0.717) is 6.42 Å². The largest absolute Gasteiger partial charge is 0.388 e. The van der Waals surface area contributed by atoms with Crippen LogP contribution in [0.15, 0.2) is 36.4 Å². The average Bonchev–Trinajstić information content (AvgIpc) is 2.89. The van der Waals surface area contributed by atoms with Gasteiger partial charge in [-0.25, -0.2) is 0 Å². The molecule has 0 heterocycles. The first-order chi connectivity index (χ1) is 9.65. The Morgan fingerprint density at radius 1 is 1.15 bits per heavy atom. The van der Waals surface area contributed by atoms with Crippen molar-refractivity contribution in [1.82, 2.24) is 0 Å². The summed E-state index contributed by atoms with van der Waals surface area (Å²) in [6, 6.07) is 12.9. The third-order valence-electron chi connectivity index (χ3n) is 4.17. The predicted molar refractivity (Wildman–Crippen MR) is 91.0 cm³/mol. The van der Waals surface area contributed by atoms with Crippen LogP contribution in [0.25, 0.3) is 0 Å². The Labute approximate surface area is 134 Å². The van der Waals surface area contributed by atoms with E-state index >= 15 is 0 Å². The van der Waals surface area contributed by atoms with Crippen LogP contribution >= 0.6 is 22.6 Å². The molecule has 104 valence electrons. The molecule has 2 aromatic rings. The molecular formula is C18H19IO. The van der Waals surface area contributed by atoms with Crippen LogP contribution in [0.4, 0.5) is 0 Å². The summed E-state index contributed by atoms with van der Waals surface area (Å²) in [6.45, 7) is 2.09. The number of benzene rings is 2. The molecule has 1 atom stereocenters. The van der Waals surface area contributed by atoms with Crippen LogP contribution in [0.3, 0.4) is 0 Å². The van der Waals surface area contributed by atoms with Crippen molar-refractivity contribution in [3.05, 3.63) is 67.8 Å². The smallest absolute Gasteiger partial charge is 0.0840 e. The zero-order valence-electron chi connectivity index (χ0n) is 11.7. The van der Waals surface area contributed by atoms with Gasteiger partial charge in [0.15, 0.2) is 0 Å². The highest BCUT2D eigenvalue weighted by Gasteiger charge is 2.15. The summed E-state index contributed by atoms with van der Waals surface area (Å²) >= 11 is 2.33. The fourth-order valence-corrected chi connectivity index (χ4v) is 3.73. The van der Waals surface area contributed by atoms with E-state index in [2.05, 4.69) is 53.8 Å². The highest BCUT2D eigenvalue weighted by Crippen LogP contribution is 2.28. The van der Waals surface area contributed by atoms with Crippen molar-refractivity contribution in [2.75, 3.05) is 0 Å². The van der Waals surface area contributed by atoms with Gasteiger partial charge >= 0.3 is 0 Å². The number of rotatable bonds is 3. The number of aryl methyl sites for hydroxylation is 3. The molecule has 1 nitrogen and oxygen atoms in total. The molecule has 3 rings (SSSR count). The fraction of sp³-hybridized carbons (Fsp3) is 0.333. The minimum Gasteiger partial charge on any atom is -0.388 e. The monoisotopic (exact) mass is 378 g/mol. The van der Waals surface area contributed by atoms with Gasteiger partial charge in [-0.05, 0) is 76.6 Å². The molecule has 0 aliphatic heterocycles. The lowest BCUT2D eigenvalue weighted by Crippen LogP contribution is -2.05. The SMILES string of the molecule is Cc1cccc(C(O)Cc2ccc3c(c2)CCC3)c1I. The summed E-state index contributed by atoms with van der Waals surface area (Å²) in [5, 5.41) is 10.5. The van der Waals surface area contributed by atoms with Crippen LogP contribution in [0.1, 0.15) is 40.3 Å². The summed E-state index contributed by atoms with van der Waals surface area (Å²) in [6.07, 6.45) is 3.97. The average molecular weight is 378 g/mol. The Morgan fingerprint density at radius 2 is 1.95 bits per heavy atom. The molecule has 2 aromatic carbocycles. The maximum Gasteiger partial charge on any atom is 0.0840 e. The molecule has 0 bridgehead atoms. The highest BCUT2D eigenvalue weighted by atomic mass is 127. The second-order valence-electron chi connectivity index (χ2n) is 5.65. The third-order valence-corrected chi connectivity index (χ3v) is 5.65. The molecule has 1 unspecified atom stereocenters. The molecule has 0 spiro atoms. The van der Waals surface area contributed by atoms with Crippen molar-refractivity contribution in [3.8, 4) is 0 Å². The molecule has 1 N–H and O–H groups in total. The van der Waals surface area contributed by atoms with Gasteiger partial charge in [0.1, 0.15) is 0 Å². The van der Waals surface area contributed by atoms with Crippen LogP contribution < -0.4 is 0 Å². The zero-order valence-corrected chi connectivity index (χ0v) is 13.9. The molecule has 0 saturated heterocycles. The number of hydrogen-bond acceptors (Lipinski definition) is 1. The van der Waals surface area contributed by atoms with Crippen LogP contribution in [0.5, 0.6) is 0 Å². The maximum atomic E-state index is 10.5. The van der Waals surface area contributed by atoms with Gasteiger partial charge in [0.2, 0.25) is 0 Å². The number of aliphatic hydroxyl groups is 1. The second-order valence-corrected chi connectivity index (χ2v) is 6.73. The minimum absolute atomic E-state index is 0.416. The Morgan fingerprint density at radius 3 is 2.80 bits per heavy atom. The molecule has 0 saturated carbocycles. The van der Waals surface area contributed by atoms with Gasteiger partial charge in [-0.15, -0.1) is 0 Å². The van der Waals surface area contributed by atoms with Crippen molar-refractivity contribution in [3.63, 3.8) is 0 Å². The van der Waals surface area contributed by atoms with Gasteiger partial charge in [-0.1, -0.05) is 36.4 Å². The Hall–Kier alpha value is -0.870. The quantitative estimate of drug-likeness (QED) is 0.787. The molecule has 0 radical (unpaired) electrons. The van der Waals surface area contributed by atoms with E-state index in [4.69, 9.17) is 0 Å². The first-order valence-corrected chi connectivity index (χ1v) is 8.27. The number of halogens is 1. The van der Waals surface area contributed by atoms with E-state index in [1.54, 1.807) is 0 Å². The number of fused-ring (bicyclic) bond motifs is 1.